The number of benzene rings is 2. The van der Waals surface area contributed by atoms with Crippen LogP contribution >= 0.6 is 0 Å². The molecule has 3 rings (SSSR count). The second-order valence-electron chi connectivity index (χ2n) is 6.96. The van der Waals surface area contributed by atoms with Gasteiger partial charge in [0.25, 0.3) is 5.91 Å². The number of anilines is 1. The van der Waals surface area contributed by atoms with Gasteiger partial charge in [-0.05, 0) is 48.7 Å². The fourth-order valence-electron chi connectivity index (χ4n) is 3.18. The van der Waals surface area contributed by atoms with Gasteiger partial charge in [-0.1, -0.05) is 13.8 Å². The smallest absolute Gasteiger partial charge is 0.259 e. The second kappa shape index (κ2) is 8.34. The van der Waals surface area contributed by atoms with Gasteiger partial charge in [0.15, 0.2) is 11.5 Å². The fourth-order valence-corrected chi connectivity index (χ4v) is 3.18. The Labute approximate surface area is 169 Å². The molecule has 1 heterocycles. The molecular formula is C22H24FN3O3. The zero-order valence-electron chi connectivity index (χ0n) is 17.1. The molecule has 2 aromatic carbocycles. The first-order chi connectivity index (χ1) is 13.8. The average molecular weight is 397 g/mol. The van der Waals surface area contributed by atoms with Crippen molar-refractivity contribution >= 4 is 11.6 Å². The first kappa shape index (κ1) is 20.4. The molecule has 0 fully saturated rings. The average Bonchev–Trinajstić information content (AvgIpc) is 3.15. The molecule has 0 radical (unpaired) electrons. The summed E-state index contributed by atoms with van der Waals surface area (Å²) in [5, 5.41) is 7.31. The van der Waals surface area contributed by atoms with E-state index in [9.17, 15) is 9.18 Å². The third-order valence-corrected chi connectivity index (χ3v) is 4.65. The summed E-state index contributed by atoms with van der Waals surface area (Å²) in [5.74, 6) is 0.538. The van der Waals surface area contributed by atoms with Crippen LogP contribution in [0.15, 0.2) is 42.6 Å². The number of hydrogen-bond acceptors (Lipinski definition) is 4. The molecule has 0 aliphatic heterocycles. The van der Waals surface area contributed by atoms with Crippen molar-refractivity contribution < 1.29 is 18.7 Å². The van der Waals surface area contributed by atoms with E-state index in [0.717, 1.165) is 11.3 Å². The Morgan fingerprint density at radius 3 is 2.31 bits per heavy atom. The number of hydrogen-bond donors (Lipinski definition) is 1. The summed E-state index contributed by atoms with van der Waals surface area (Å²) in [4.78, 5) is 13.0. The lowest BCUT2D eigenvalue weighted by Gasteiger charge is -2.15. The Balaban J connectivity index is 1.97. The largest absolute Gasteiger partial charge is 0.493 e. The van der Waals surface area contributed by atoms with Gasteiger partial charge in [0.05, 0.1) is 37.4 Å². The number of rotatable bonds is 6. The molecule has 1 N–H and O–H groups in total. The number of ether oxygens (including phenoxy) is 2. The molecule has 0 aliphatic carbocycles. The van der Waals surface area contributed by atoms with Crippen LogP contribution in [0.4, 0.5) is 10.1 Å². The van der Waals surface area contributed by atoms with Crippen LogP contribution in [0.1, 0.15) is 41.4 Å². The van der Waals surface area contributed by atoms with E-state index in [1.807, 2.05) is 20.8 Å². The van der Waals surface area contributed by atoms with Gasteiger partial charge in [0.1, 0.15) is 5.82 Å². The Morgan fingerprint density at radius 2 is 1.72 bits per heavy atom. The summed E-state index contributed by atoms with van der Waals surface area (Å²) < 4.78 is 25.6. The minimum atomic E-state index is -0.325. The van der Waals surface area contributed by atoms with E-state index in [1.165, 1.54) is 18.3 Å². The quantitative estimate of drug-likeness (QED) is 0.654. The summed E-state index contributed by atoms with van der Waals surface area (Å²) in [5.41, 5.74) is 3.35. The number of carbonyl (C=O) groups is 1. The Bertz CT molecular complexity index is 1030. The van der Waals surface area contributed by atoms with E-state index in [-0.39, 0.29) is 17.6 Å². The van der Waals surface area contributed by atoms with Gasteiger partial charge < -0.3 is 14.8 Å². The molecule has 0 aliphatic rings. The van der Waals surface area contributed by atoms with Crippen LogP contribution < -0.4 is 14.8 Å². The summed E-state index contributed by atoms with van der Waals surface area (Å²) in [6, 6.07) is 9.54. The summed E-state index contributed by atoms with van der Waals surface area (Å²) in [6.45, 7) is 5.84. The maximum Gasteiger partial charge on any atom is 0.259 e. The van der Waals surface area contributed by atoms with Crippen molar-refractivity contribution in [2.75, 3.05) is 19.5 Å². The Hall–Kier alpha value is -3.35. The lowest BCUT2D eigenvalue weighted by Crippen LogP contribution is -2.16. The van der Waals surface area contributed by atoms with Crippen molar-refractivity contribution in [3.63, 3.8) is 0 Å². The van der Waals surface area contributed by atoms with E-state index in [4.69, 9.17) is 9.47 Å². The number of halogens is 1. The number of nitrogens with zero attached hydrogens (tertiary/aromatic N) is 2. The zero-order valence-corrected chi connectivity index (χ0v) is 17.1. The van der Waals surface area contributed by atoms with E-state index < -0.39 is 0 Å². The second-order valence-corrected chi connectivity index (χ2v) is 6.96. The van der Waals surface area contributed by atoms with Crippen LogP contribution in [0.25, 0.3) is 5.69 Å². The molecule has 6 nitrogen and oxygen atoms in total. The van der Waals surface area contributed by atoms with Crippen LogP contribution in [-0.4, -0.2) is 29.9 Å². The maximum absolute atomic E-state index is 13.3. The predicted molar refractivity (Wildman–Crippen MR) is 110 cm³/mol. The van der Waals surface area contributed by atoms with Crippen LogP contribution in [0.2, 0.25) is 0 Å². The number of methoxy groups -OCH3 is 2. The summed E-state index contributed by atoms with van der Waals surface area (Å²) >= 11 is 0. The van der Waals surface area contributed by atoms with E-state index in [1.54, 1.807) is 43.2 Å². The highest BCUT2D eigenvalue weighted by atomic mass is 19.1. The van der Waals surface area contributed by atoms with Crippen molar-refractivity contribution in [1.82, 2.24) is 9.78 Å². The first-order valence-electron chi connectivity index (χ1n) is 9.23. The highest BCUT2D eigenvalue weighted by Gasteiger charge is 2.22. The molecular weight excluding hydrogens is 373 g/mol. The molecule has 7 heteroatoms. The van der Waals surface area contributed by atoms with Gasteiger partial charge in [0.2, 0.25) is 0 Å². The number of nitrogens with one attached hydrogen (secondary N) is 1. The normalized spacial score (nSPS) is 10.9. The first-order valence-corrected chi connectivity index (χ1v) is 9.23. The van der Waals surface area contributed by atoms with Crippen LogP contribution in [0.5, 0.6) is 11.5 Å². The van der Waals surface area contributed by atoms with Crippen molar-refractivity contribution in [1.29, 1.82) is 0 Å². The maximum atomic E-state index is 13.3. The van der Waals surface area contributed by atoms with Crippen LogP contribution in [0, 0.1) is 12.7 Å². The highest BCUT2D eigenvalue weighted by molar-refractivity contribution is 6.05. The topological polar surface area (TPSA) is 65.4 Å². The molecule has 0 bridgehead atoms. The number of amides is 1. The lowest BCUT2D eigenvalue weighted by atomic mass is 10.0. The van der Waals surface area contributed by atoms with Crippen LogP contribution in [0.3, 0.4) is 0 Å². The number of aromatic nitrogens is 2. The molecule has 1 aromatic heterocycles. The van der Waals surface area contributed by atoms with Crippen molar-refractivity contribution in [2.24, 2.45) is 0 Å². The SMILES string of the molecule is COc1cc(C)c(NC(=O)c2cnn(-c3ccc(F)cc3)c2C(C)C)cc1OC. The molecule has 0 spiro atoms. The van der Waals surface area contributed by atoms with E-state index in [2.05, 4.69) is 10.4 Å². The molecule has 3 aromatic rings. The van der Waals surface area contributed by atoms with Gasteiger partial charge in [0, 0.05) is 11.8 Å². The van der Waals surface area contributed by atoms with Gasteiger partial charge in [-0.15, -0.1) is 0 Å². The van der Waals surface area contributed by atoms with Crippen molar-refractivity contribution in [3.05, 3.63) is 65.2 Å². The molecule has 29 heavy (non-hydrogen) atoms. The van der Waals surface area contributed by atoms with Crippen molar-refractivity contribution in [2.45, 2.75) is 26.7 Å². The minimum absolute atomic E-state index is 0.0230. The van der Waals surface area contributed by atoms with Crippen molar-refractivity contribution in [3.8, 4) is 17.2 Å². The van der Waals surface area contributed by atoms with Gasteiger partial charge in [-0.2, -0.15) is 5.10 Å². The highest BCUT2D eigenvalue weighted by Crippen LogP contribution is 2.33. The third-order valence-electron chi connectivity index (χ3n) is 4.65. The molecule has 0 saturated carbocycles. The monoisotopic (exact) mass is 397 g/mol. The molecule has 152 valence electrons. The van der Waals surface area contributed by atoms with E-state index >= 15 is 0 Å². The van der Waals surface area contributed by atoms with Gasteiger partial charge in [-0.3, -0.25) is 4.79 Å². The Morgan fingerprint density at radius 1 is 1.10 bits per heavy atom. The van der Waals surface area contributed by atoms with Gasteiger partial charge >= 0.3 is 0 Å². The summed E-state index contributed by atoms with van der Waals surface area (Å²) in [7, 11) is 3.11. The predicted octanol–water partition coefficient (Wildman–Crippen LogP) is 4.71. The Kier molecular flexibility index (Phi) is 5.87. The number of carbonyl (C=O) groups excluding carboxylic acids is 1. The van der Waals surface area contributed by atoms with Crippen LogP contribution in [-0.2, 0) is 0 Å². The zero-order chi connectivity index (χ0) is 21.1. The van der Waals surface area contributed by atoms with Gasteiger partial charge in [-0.25, -0.2) is 9.07 Å². The molecule has 1 amide bonds. The summed E-state index contributed by atoms with van der Waals surface area (Å²) in [6.07, 6.45) is 1.53. The molecule has 0 saturated heterocycles. The van der Waals surface area contributed by atoms with E-state index in [0.29, 0.717) is 28.4 Å². The third kappa shape index (κ3) is 4.08. The number of aryl methyl sites for hydroxylation is 1. The lowest BCUT2D eigenvalue weighted by molar-refractivity contribution is 0.102. The standard InChI is InChI=1S/C22H24FN3O3/c1-13(2)21-17(12-24-26(21)16-8-6-15(23)7-9-16)22(27)25-18-11-20(29-5)19(28-4)10-14(18)3/h6-13H,1-5H3,(H,25,27). The fraction of sp³-hybridized carbons (Fsp3) is 0.273. The molecule has 0 unspecified atom stereocenters. The minimum Gasteiger partial charge on any atom is -0.493 e. The molecule has 0 atom stereocenters.